The third-order valence-electron chi connectivity index (χ3n) is 3.57. The first kappa shape index (κ1) is 21.0. The Labute approximate surface area is 168 Å². The highest BCUT2D eigenvalue weighted by molar-refractivity contribution is 6.39. The van der Waals surface area contributed by atoms with Crippen molar-refractivity contribution in [3.8, 4) is 11.5 Å². The third-order valence-corrected chi connectivity index (χ3v) is 3.80. The molecule has 0 fully saturated rings. The maximum absolute atomic E-state index is 12.0. The molecule has 0 aliphatic rings. The Balaban J connectivity index is 1.96. The highest BCUT2D eigenvalue weighted by Gasteiger charge is 2.14. The Hall–Kier alpha value is -3.32. The van der Waals surface area contributed by atoms with Gasteiger partial charge in [-0.15, -0.1) is 0 Å². The number of amides is 2. The zero-order chi connectivity index (χ0) is 20.5. The first-order valence-electron chi connectivity index (χ1n) is 8.27. The summed E-state index contributed by atoms with van der Waals surface area (Å²) in [6.45, 7) is 5.71. The summed E-state index contributed by atoms with van der Waals surface area (Å²) < 4.78 is 10.7. The number of benzene rings is 2. The van der Waals surface area contributed by atoms with Gasteiger partial charge in [0.1, 0.15) is 6.61 Å². The molecule has 0 unspecified atom stereocenters. The molecule has 2 aromatic carbocycles. The molecule has 0 bridgehead atoms. The summed E-state index contributed by atoms with van der Waals surface area (Å²) in [6, 6.07) is 10.0. The first-order valence-corrected chi connectivity index (χ1v) is 8.64. The van der Waals surface area contributed by atoms with Gasteiger partial charge >= 0.3 is 11.8 Å². The molecule has 0 heterocycles. The van der Waals surface area contributed by atoms with Crippen molar-refractivity contribution in [1.29, 1.82) is 0 Å². The number of nitrogens with one attached hydrogen (secondary N) is 2. The molecule has 2 amide bonds. The fourth-order valence-electron chi connectivity index (χ4n) is 2.20. The number of hydrogen-bond donors (Lipinski definition) is 2. The van der Waals surface area contributed by atoms with Gasteiger partial charge in [0.25, 0.3) is 0 Å². The Kier molecular flexibility index (Phi) is 7.59. The molecule has 0 spiro atoms. The van der Waals surface area contributed by atoms with Crippen LogP contribution in [-0.4, -0.2) is 31.7 Å². The molecule has 8 heteroatoms. The van der Waals surface area contributed by atoms with E-state index in [1.54, 1.807) is 49.4 Å². The zero-order valence-electron chi connectivity index (χ0n) is 15.5. The average molecular weight is 402 g/mol. The molecule has 146 valence electrons. The van der Waals surface area contributed by atoms with Crippen LogP contribution in [0, 0.1) is 6.92 Å². The molecule has 2 rings (SSSR count). The van der Waals surface area contributed by atoms with E-state index in [0.29, 0.717) is 34.4 Å². The van der Waals surface area contributed by atoms with Crippen molar-refractivity contribution >= 4 is 35.3 Å². The van der Waals surface area contributed by atoms with Crippen molar-refractivity contribution in [3.63, 3.8) is 0 Å². The van der Waals surface area contributed by atoms with E-state index in [1.165, 1.54) is 13.3 Å². The lowest BCUT2D eigenvalue weighted by atomic mass is 10.2. The lowest BCUT2D eigenvalue weighted by Crippen LogP contribution is -2.32. The number of rotatable bonds is 7. The van der Waals surface area contributed by atoms with E-state index in [4.69, 9.17) is 21.1 Å². The Morgan fingerprint density at radius 1 is 1.18 bits per heavy atom. The normalized spacial score (nSPS) is 10.4. The van der Waals surface area contributed by atoms with Gasteiger partial charge in [-0.3, -0.25) is 9.59 Å². The lowest BCUT2D eigenvalue weighted by molar-refractivity contribution is -0.136. The molecule has 0 radical (unpaired) electrons. The molecule has 0 atom stereocenters. The fourth-order valence-corrected chi connectivity index (χ4v) is 2.42. The van der Waals surface area contributed by atoms with Crippen LogP contribution >= 0.6 is 11.6 Å². The molecule has 0 aliphatic heterocycles. The van der Waals surface area contributed by atoms with Gasteiger partial charge in [-0.1, -0.05) is 24.3 Å². The van der Waals surface area contributed by atoms with E-state index in [0.717, 1.165) is 5.56 Å². The van der Waals surface area contributed by atoms with Crippen LogP contribution in [0.4, 0.5) is 5.69 Å². The largest absolute Gasteiger partial charge is 0.493 e. The van der Waals surface area contributed by atoms with Crippen molar-refractivity contribution in [2.45, 2.75) is 6.92 Å². The van der Waals surface area contributed by atoms with Gasteiger partial charge in [0.05, 0.1) is 13.3 Å². The molecular formula is C20H20ClN3O4. The summed E-state index contributed by atoms with van der Waals surface area (Å²) in [5.74, 6) is -0.675. The van der Waals surface area contributed by atoms with Gasteiger partial charge in [-0.05, 0) is 54.4 Å². The van der Waals surface area contributed by atoms with Crippen molar-refractivity contribution in [1.82, 2.24) is 5.43 Å². The van der Waals surface area contributed by atoms with Crippen LogP contribution in [0.2, 0.25) is 5.02 Å². The minimum Gasteiger partial charge on any atom is -0.493 e. The van der Waals surface area contributed by atoms with Gasteiger partial charge in [-0.2, -0.15) is 5.10 Å². The fraction of sp³-hybridized carbons (Fsp3) is 0.150. The topological polar surface area (TPSA) is 89.0 Å². The van der Waals surface area contributed by atoms with Crippen molar-refractivity contribution in [2.75, 3.05) is 19.0 Å². The monoisotopic (exact) mass is 401 g/mol. The zero-order valence-corrected chi connectivity index (χ0v) is 16.2. The summed E-state index contributed by atoms with van der Waals surface area (Å²) in [5.41, 5.74) is 4.06. The summed E-state index contributed by atoms with van der Waals surface area (Å²) >= 11 is 5.87. The van der Waals surface area contributed by atoms with Crippen LogP contribution in [0.25, 0.3) is 0 Å². The standard InChI is InChI=1S/C20H20ClN3O4/c1-4-9-28-17-8-5-14(11-18(17)27-3)12-22-24-20(26)19(25)23-16-7-6-15(21)10-13(16)2/h4-8,10-12H,1,9H2,2-3H3,(H,23,25)(H,24,26)/b22-12+. The maximum Gasteiger partial charge on any atom is 0.329 e. The summed E-state index contributed by atoms with van der Waals surface area (Å²) in [5, 5.41) is 6.83. The second-order valence-electron chi connectivity index (χ2n) is 5.62. The molecule has 7 nitrogen and oxygen atoms in total. The molecule has 0 aliphatic carbocycles. The third kappa shape index (κ3) is 5.85. The summed E-state index contributed by atoms with van der Waals surface area (Å²) in [6.07, 6.45) is 3.01. The maximum atomic E-state index is 12.0. The number of hydrogen-bond acceptors (Lipinski definition) is 5. The number of anilines is 1. The highest BCUT2D eigenvalue weighted by atomic mass is 35.5. The first-order chi connectivity index (χ1) is 13.4. The van der Waals surface area contributed by atoms with E-state index in [1.807, 2.05) is 0 Å². The van der Waals surface area contributed by atoms with Gasteiger partial charge in [-0.25, -0.2) is 5.43 Å². The second kappa shape index (κ2) is 10.1. The Morgan fingerprint density at radius 2 is 1.96 bits per heavy atom. The molecule has 2 N–H and O–H groups in total. The highest BCUT2D eigenvalue weighted by Crippen LogP contribution is 2.27. The van der Waals surface area contributed by atoms with E-state index in [9.17, 15) is 9.59 Å². The number of ether oxygens (including phenoxy) is 2. The number of halogens is 1. The van der Waals surface area contributed by atoms with Crippen molar-refractivity contribution in [3.05, 3.63) is 65.2 Å². The van der Waals surface area contributed by atoms with Crippen molar-refractivity contribution in [2.24, 2.45) is 5.10 Å². The molecule has 2 aromatic rings. The van der Waals surface area contributed by atoms with E-state index < -0.39 is 11.8 Å². The number of carbonyl (C=O) groups excluding carboxylic acids is 2. The predicted octanol–water partition coefficient (Wildman–Crippen LogP) is 3.31. The number of aryl methyl sites for hydroxylation is 1. The number of carbonyl (C=O) groups is 2. The van der Waals surface area contributed by atoms with Crippen LogP contribution in [0.1, 0.15) is 11.1 Å². The summed E-state index contributed by atoms with van der Waals surface area (Å²) in [4.78, 5) is 23.9. The molecule has 0 saturated heterocycles. The van der Waals surface area contributed by atoms with Crippen LogP contribution < -0.4 is 20.2 Å². The molecular weight excluding hydrogens is 382 g/mol. The minimum atomic E-state index is -0.900. The Morgan fingerprint density at radius 3 is 2.64 bits per heavy atom. The Bertz CT molecular complexity index is 912. The number of nitrogens with zero attached hydrogens (tertiary/aromatic N) is 1. The molecule has 0 saturated carbocycles. The smallest absolute Gasteiger partial charge is 0.329 e. The minimum absolute atomic E-state index is 0.349. The van der Waals surface area contributed by atoms with Gasteiger partial charge in [0, 0.05) is 10.7 Å². The van der Waals surface area contributed by atoms with Crippen molar-refractivity contribution < 1.29 is 19.1 Å². The SMILES string of the molecule is C=CCOc1ccc(/C=N/NC(=O)C(=O)Nc2ccc(Cl)cc2C)cc1OC. The summed E-state index contributed by atoms with van der Waals surface area (Å²) in [7, 11) is 1.52. The van der Waals surface area contributed by atoms with Gasteiger partial charge in [0.15, 0.2) is 11.5 Å². The second-order valence-corrected chi connectivity index (χ2v) is 6.06. The number of methoxy groups -OCH3 is 1. The van der Waals surface area contributed by atoms with E-state index in [-0.39, 0.29) is 0 Å². The number of hydrazone groups is 1. The van der Waals surface area contributed by atoms with E-state index in [2.05, 4.69) is 22.4 Å². The van der Waals surface area contributed by atoms with Crippen LogP contribution in [-0.2, 0) is 9.59 Å². The molecule has 0 aromatic heterocycles. The molecule has 28 heavy (non-hydrogen) atoms. The van der Waals surface area contributed by atoms with E-state index >= 15 is 0 Å². The average Bonchev–Trinajstić information content (AvgIpc) is 2.68. The van der Waals surface area contributed by atoms with Gasteiger partial charge in [0.2, 0.25) is 0 Å². The van der Waals surface area contributed by atoms with Crippen LogP contribution in [0.5, 0.6) is 11.5 Å². The lowest BCUT2D eigenvalue weighted by Gasteiger charge is -2.09. The van der Waals surface area contributed by atoms with Crippen LogP contribution in [0.15, 0.2) is 54.2 Å². The van der Waals surface area contributed by atoms with Crippen LogP contribution in [0.3, 0.4) is 0 Å². The quantitative estimate of drug-likeness (QED) is 0.322. The van der Waals surface area contributed by atoms with Gasteiger partial charge < -0.3 is 14.8 Å². The predicted molar refractivity (Wildman–Crippen MR) is 109 cm³/mol.